The van der Waals surface area contributed by atoms with E-state index in [1.54, 1.807) is 0 Å². The van der Waals surface area contributed by atoms with Gasteiger partial charge in [-0.25, -0.2) is 0 Å². The summed E-state index contributed by atoms with van der Waals surface area (Å²) < 4.78 is 2.03. The summed E-state index contributed by atoms with van der Waals surface area (Å²) in [7, 11) is 0. The van der Waals surface area contributed by atoms with Crippen molar-refractivity contribution in [2.75, 3.05) is 4.90 Å². The summed E-state index contributed by atoms with van der Waals surface area (Å²) in [6.45, 7) is 0. The lowest BCUT2D eigenvalue weighted by Crippen LogP contribution is -2.36. The Hall–Kier alpha value is -6.97. The van der Waals surface area contributed by atoms with Crippen LogP contribution in [-0.4, -0.2) is 4.40 Å². The fraction of sp³-hybridized carbons (Fsp3) is 0.0200. The topological polar surface area (TPSA) is 24.7 Å². The maximum Gasteiger partial charge on any atom is 0.263 e. The van der Waals surface area contributed by atoms with Gasteiger partial charge in [0.2, 0.25) is 0 Å². The van der Waals surface area contributed by atoms with Gasteiger partial charge in [-0.15, -0.1) is 0 Å². The summed E-state index contributed by atoms with van der Waals surface area (Å²) in [4.78, 5) is 17.1. The summed E-state index contributed by atoms with van der Waals surface area (Å²) in [5, 5.41) is 5.05. The van der Waals surface area contributed by atoms with Crippen molar-refractivity contribution in [3.63, 3.8) is 0 Å². The van der Waals surface area contributed by atoms with Gasteiger partial charge in [-0.05, 0) is 74.7 Å². The fourth-order valence-electron chi connectivity index (χ4n) is 9.90. The van der Waals surface area contributed by atoms with E-state index in [1.807, 2.05) is 22.6 Å². The van der Waals surface area contributed by atoms with Crippen molar-refractivity contribution in [1.29, 1.82) is 0 Å². The lowest BCUT2D eigenvalue weighted by atomic mass is 9.64. The molecule has 10 aromatic rings. The van der Waals surface area contributed by atoms with E-state index < -0.39 is 5.41 Å². The van der Waals surface area contributed by atoms with E-state index in [0.29, 0.717) is 0 Å². The maximum absolute atomic E-state index is 14.7. The molecule has 1 aliphatic heterocycles. The number of rotatable bonds is 2. The SMILES string of the molecule is O=c1c2ccccc2c2cccc3c4ccc5c(c4n1c23)-c1ccccc1C51c2ccccc2N(c2ccc(-c3ccccc3)cc2)c2ccccc21. The first-order valence-electron chi connectivity index (χ1n) is 18.2. The molecular weight excluding hydrogens is 645 g/mol. The van der Waals surface area contributed by atoms with Gasteiger partial charge in [0.25, 0.3) is 5.56 Å². The second-order valence-electron chi connectivity index (χ2n) is 14.4. The highest BCUT2D eigenvalue weighted by Crippen LogP contribution is 2.64. The van der Waals surface area contributed by atoms with Crippen LogP contribution in [0.3, 0.4) is 0 Å². The Morgan fingerprint density at radius 2 is 0.925 bits per heavy atom. The Morgan fingerprint density at radius 1 is 0.377 bits per heavy atom. The average molecular weight is 675 g/mol. The van der Waals surface area contributed by atoms with Crippen LogP contribution in [0.15, 0.2) is 187 Å². The molecule has 12 rings (SSSR count). The highest BCUT2D eigenvalue weighted by molar-refractivity contribution is 6.23. The summed E-state index contributed by atoms with van der Waals surface area (Å²) in [6.07, 6.45) is 0. The number of para-hydroxylation sites is 3. The van der Waals surface area contributed by atoms with Gasteiger partial charge in [0.15, 0.2) is 0 Å². The van der Waals surface area contributed by atoms with Crippen molar-refractivity contribution in [3.05, 3.63) is 215 Å². The van der Waals surface area contributed by atoms with E-state index in [0.717, 1.165) is 60.6 Å². The van der Waals surface area contributed by atoms with E-state index in [9.17, 15) is 4.79 Å². The van der Waals surface area contributed by atoms with Crippen LogP contribution in [0.1, 0.15) is 22.3 Å². The van der Waals surface area contributed by atoms with E-state index in [-0.39, 0.29) is 5.56 Å². The predicted molar refractivity (Wildman–Crippen MR) is 218 cm³/mol. The molecule has 0 bridgehead atoms. The van der Waals surface area contributed by atoms with Crippen molar-refractivity contribution >= 4 is 55.0 Å². The number of pyridine rings is 1. The molecule has 1 spiro atoms. The second-order valence-corrected chi connectivity index (χ2v) is 14.4. The largest absolute Gasteiger partial charge is 0.310 e. The molecule has 0 N–H and O–H groups in total. The Balaban J connectivity index is 1.20. The van der Waals surface area contributed by atoms with E-state index >= 15 is 0 Å². The summed E-state index contributed by atoms with van der Waals surface area (Å²) in [6, 6.07) is 65.3. The van der Waals surface area contributed by atoms with Crippen LogP contribution in [0, 0.1) is 0 Å². The van der Waals surface area contributed by atoms with E-state index in [1.165, 1.54) is 38.9 Å². The number of fused-ring (bicyclic) bond motifs is 15. The number of benzene rings is 8. The zero-order chi connectivity index (χ0) is 34.8. The van der Waals surface area contributed by atoms with Crippen molar-refractivity contribution in [2.45, 2.75) is 5.41 Å². The normalized spacial score (nSPS) is 13.8. The Morgan fingerprint density at radius 3 is 1.66 bits per heavy atom. The Labute approximate surface area is 305 Å². The van der Waals surface area contributed by atoms with E-state index in [4.69, 9.17) is 0 Å². The summed E-state index contributed by atoms with van der Waals surface area (Å²) in [5.74, 6) is 0. The van der Waals surface area contributed by atoms with Crippen LogP contribution in [0.25, 0.3) is 60.2 Å². The maximum atomic E-state index is 14.7. The minimum Gasteiger partial charge on any atom is -0.310 e. The first kappa shape index (κ1) is 28.7. The Bertz CT molecular complexity index is 3150. The predicted octanol–water partition coefficient (Wildman–Crippen LogP) is 12.0. The van der Waals surface area contributed by atoms with Gasteiger partial charge < -0.3 is 4.90 Å². The zero-order valence-corrected chi connectivity index (χ0v) is 28.6. The van der Waals surface area contributed by atoms with Gasteiger partial charge >= 0.3 is 0 Å². The summed E-state index contributed by atoms with van der Waals surface area (Å²) >= 11 is 0. The van der Waals surface area contributed by atoms with Crippen LogP contribution in [0.5, 0.6) is 0 Å². The number of anilines is 3. The van der Waals surface area contributed by atoms with Crippen LogP contribution < -0.4 is 10.5 Å². The number of aromatic nitrogens is 1. The van der Waals surface area contributed by atoms with Crippen molar-refractivity contribution in [3.8, 4) is 22.3 Å². The van der Waals surface area contributed by atoms with E-state index in [2.05, 4.69) is 169 Å². The van der Waals surface area contributed by atoms with Crippen LogP contribution >= 0.6 is 0 Å². The van der Waals surface area contributed by atoms with Gasteiger partial charge in [-0.3, -0.25) is 9.20 Å². The van der Waals surface area contributed by atoms with Crippen LogP contribution in [-0.2, 0) is 5.41 Å². The minimum atomic E-state index is -0.608. The third-order valence-electron chi connectivity index (χ3n) is 11.9. The van der Waals surface area contributed by atoms with Gasteiger partial charge in [0.05, 0.1) is 27.8 Å². The minimum absolute atomic E-state index is 0.0284. The fourth-order valence-corrected chi connectivity index (χ4v) is 9.90. The molecule has 1 aliphatic carbocycles. The molecule has 0 radical (unpaired) electrons. The molecule has 0 fully saturated rings. The molecule has 0 unspecified atom stereocenters. The number of hydrogen-bond donors (Lipinski definition) is 0. The molecule has 8 aromatic carbocycles. The molecule has 2 aromatic heterocycles. The monoisotopic (exact) mass is 674 g/mol. The van der Waals surface area contributed by atoms with Crippen molar-refractivity contribution < 1.29 is 0 Å². The third-order valence-corrected chi connectivity index (χ3v) is 11.9. The smallest absolute Gasteiger partial charge is 0.263 e. The van der Waals surface area contributed by atoms with Crippen molar-refractivity contribution in [1.82, 2.24) is 4.40 Å². The number of nitrogens with zero attached hydrogens (tertiary/aromatic N) is 2. The van der Waals surface area contributed by atoms with Crippen LogP contribution in [0.2, 0.25) is 0 Å². The first-order chi connectivity index (χ1) is 26.2. The quantitative estimate of drug-likeness (QED) is 0.171. The second kappa shape index (κ2) is 10.3. The molecular formula is C50H30N2O. The van der Waals surface area contributed by atoms with Crippen LogP contribution in [0.4, 0.5) is 17.1 Å². The molecule has 0 atom stereocenters. The van der Waals surface area contributed by atoms with Crippen molar-refractivity contribution in [2.24, 2.45) is 0 Å². The standard InChI is InChI=1S/C50H30N2O/c53-49-38-16-5-4-15-34(38)35-18-12-19-36-37-29-30-43-46(48(37)52(49)47(35)36)39-17-6-7-20-40(39)50(43)41-21-8-10-23-44(41)51(45-24-11-9-22-42(45)50)33-27-25-32(26-28-33)31-13-2-1-3-14-31/h1-30H. The molecule has 0 saturated carbocycles. The molecule has 53 heavy (non-hydrogen) atoms. The highest BCUT2D eigenvalue weighted by atomic mass is 16.1. The summed E-state index contributed by atoms with van der Waals surface area (Å²) in [5.41, 5.74) is 14.4. The Kier molecular flexibility index (Phi) is 5.58. The number of hydrogen-bond acceptors (Lipinski definition) is 2. The molecule has 0 amide bonds. The highest BCUT2D eigenvalue weighted by Gasteiger charge is 2.52. The molecule has 3 heteroatoms. The molecule has 3 heterocycles. The molecule has 2 aliphatic rings. The van der Waals surface area contributed by atoms with Gasteiger partial charge in [0.1, 0.15) is 0 Å². The average Bonchev–Trinajstić information content (AvgIpc) is 3.72. The van der Waals surface area contributed by atoms with Gasteiger partial charge in [-0.2, -0.15) is 0 Å². The lowest BCUT2D eigenvalue weighted by Gasteiger charge is -2.45. The van der Waals surface area contributed by atoms with Gasteiger partial charge in [-0.1, -0.05) is 152 Å². The molecule has 246 valence electrons. The lowest BCUT2D eigenvalue weighted by molar-refractivity contribution is 0.753. The first-order valence-corrected chi connectivity index (χ1v) is 18.2. The zero-order valence-electron chi connectivity index (χ0n) is 28.6. The third kappa shape index (κ3) is 3.51. The molecule has 3 nitrogen and oxygen atoms in total. The van der Waals surface area contributed by atoms with Gasteiger partial charge in [0, 0.05) is 32.8 Å². The molecule has 0 saturated heterocycles.